The highest BCUT2D eigenvalue weighted by Crippen LogP contribution is 2.15. The summed E-state index contributed by atoms with van der Waals surface area (Å²) in [5.41, 5.74) is 1.33. The average molecular weight is 288 g/mol. The van der Waals surface area contributed by atoms with E-state index in [0.29, 0.717) is 6.04 Å². The van der Waals surface area contributed by atoms with Crippen LogP contribution in [0.3, 0.4) is 0 Å². The SMILES string of the molecule is CSCCC(C)NCc1ccccc1Br. The zero-order valence-electron chi connectivity index (χ0n) is 9.29. The molecule has 1 unspecified atom stereocenters. The minimum absolute atomic E-state index is 0.588. The number of halogens is 1. The number of thioether (sulfide) groups is 1. The summed E-state index contributed by atoms with van der Waals surface area (Å²) in [6.07, 6.45) is 3.38. The van der Waals surface area contributed by atoms with Gasteiger partial charge >= 0.3 is 0 Å². The summed E-state index contributed by atoms with van der Waals surface area (Å²) in [7, 11) is 0. The lowest BCUT2D eigenvalue weighted by Gasteiger charge is -2.13. The van der Waals surface area contributed by atoms with Gasteiger partial charge in [-0.05, 0) is 37.0 Å². The van der Waals surface area contributed by atoms with Gasteiger partial charge in [-0.1, -0.05) is 34.1 Å². The first-order valence-electron chi connectivity index (χ1n) is 5.19. The maximum Gasteiger partial charge on any atom is 0.0220 e. The number of hydrogen-bond acceptors (Lipinski definition) is 2. The number of nitrogens with one attached hydrogen (secondary N) is 1. The first kappa shape index (κ1) is 13.1. The Hall–Kier alpha value is 0.01000. The Bertz CT molecular complexity index is 291. The zero-order chi connectivity index (χ0) is 11.1. The highest BCUT2D eigenvalue weighted by Gasteiger charge is 2.02. The minimum Gasteiger partial charge on any atom is -0.310 e. The molecule has 1 rings (SSSR count). The van der Waals surface area contributed by atoms with E-state index in [1.165, 1.54) is 22.2 Å². The molecule has 0 amide bonds. The van der Waals surface area contributed by atoms with Crippen LogP contribution in [0.15, 0.2) is 28.7 Å². The number of rotatable bonds is 6. The summed E-state index contributed by atoms with van der Waals surface area (Å²) in [5.74, 6) is 1.23. The van der Waals surface area contributed by atoms with E-state index >= 15 is 0 Å². The molecule has 0 radical (unpaired) electrons. The van der Waals surface area contributed by atoms with Crippen LogP contribution in [0.25, 0.3) is 0 Å². The highest BCUT2D eigenvalue weighted by molar-refractivity contribution is 9.10. The van der Waals surface area contributed by atoms with E-state index < -0.39 is 0 Å². The summed E-state index contributed by atoms with van der Waals surface area (Å²) in [4.78, 5) is 0. The van der Waals surface area contributed by atoms with E-state index in [0.717, 1.165) is 6.54 Å². The van der Waals surface area contributed by atoms with Crippen LogP contribution in [-0.2, 0) is 6.54 Å². The van der Waals surface area contributed by atoms with E-state index in [4.69, 9.17) is 0 Å². The topological polar surface area (TPSA) is 12.0 Å². The molecule has 3 heteroatoms. The Morgan fingerprint density at radius 1 is 1.40 bits per heavy atom. The fraction of sp³-hybridized carbons (Fsp3) is 0.500. The molecule has 0 heterocycles. The molecule has 0 aliphatic carbocycles. The van der Waals surface area contributed by atoms with E-state index in [1.807, 2.05) is 17.8 Å². The van der Waals surface area contributed by atoms with Crippen molar-refractivity contribution in [3.05, 3.63) is 34.3 Å². The van der Waals surface area contributed by atoms with Crippen LogP contribution < -0.4 is 5.32 Å². The van der Waals surface area contributed by atoms with Crippen molar-refractivity contribution in [2.24, 2.45) is 0 Å². The lowest BCUT2D eigenvalue weighted by atomic mass is 10.2. The average Bonchev–Trinajstić information content (AvgIpc) is 2.25. The Labute approximate surface area is 105 Å². The van der Waals surface area contributed by atoms with Gasteiger partial charge in [0.25, 0.3) is 0 Å². The Balaban J connectivity index is 2.33. The number of benzene rings is 1. The van der Waals surface area contributed by atoms with Gasteiger partial charge in [0.1, 0.15) is 0 Å². The minimum atomic E-state index is 0.588. The van der Waals surface area contributed by atoms with Crippen molar-refractivity contribution in [1.29, 1.82) is 0 Å². The molecule has 84 valence electrons. The molecule has 0 saturated carbocycles. The molecule has 0 fully saturated rings. The van der Waals surface area contributed by atoms with Crippen molar-refractivity contribution < 1.29 is 0 Å². The smallest absolute Gasteiger partial charge is 0.0220 e. The van der Waals surface area contributed by atoms with E-state index in [9.17, 15) is 0 Å². The van der Waals surface area contributed by atoms with Crippen molar-refractivity contribution in [2.45, 2.75) is 25.9 Å². The molecular weight excluding hydrogens is 270 g/mol. The predicted molar refractivity (Wildman–Crippen MR) is 73.4 cm³/mol. The number of hydrogen-bond donors (Lipinski definition) is 1. The predicted octanol–water partition coefficient (Wildman–Crippen LogP) is 3.68. The third-order valence-corrected chi connectivity index (χ3v) is 3.77. The first-order chi connectivity index (χ1) is 7.24. The Morgan fingerprint density at radius 3 is 2.80 bits per heavy atom. The van der Waals surface area contributed by atoms with Gasteiger partial charge in [0.15, 0.2) is 0 Å². The second-order valence-corrected chi connectivity index (χ2v) is 5.49. The van der Waals surface area contributed by atoms with Gasteiger partial charge in [-0.15, -0.1) is 0 Å². The molecule has 0 aromatic heterocycles. The van der Waals surface area contributed by atoms with Gasteiger partial charge in [0, 0.05) is 17.1 Å². The lowest BCUT2D eigenvalue weighted by Crippen LogP contribution is -2.26. The summed E-state index contributed by atoms with van der Waals surface area (Å²) in [6.45, 7) is 3.18. The van der Waals surface area contributed by atoms with Crippen LogP contribution in [0.1, 0.15) is 18.9 Å². The molecule has 15 heavy (non-hydrogen) atoms. The van der Waals surface area contributed by atoms with Crippen LogP contribution in [0.2, 0.25) is 0 Å². The standard InChI is InChI=1S/C12H18BrNS/c1-10(7-8-15-2)14-9-11-5-3-4-6-12(11)13/h3-6,10,14H,7-9H2,1-2H3. The van der Waals surface area contributed by atoms with Gasteiger partial charge in [0.05, 0.1) is 0 Å². The fourth-order valence-corrected chi connectivity index (χ4v) is 2.34. The second-order valence-electron chi connectivity index (χ2n) is 3.65. The lowest BCUT2D eigenvalue weighted by molar-refractivity contribution is 0.537. The molecule has 1 nitrogen and oxygen atoms in total. The molecule has 1 aromatic carbocycles. The molecular formula is C12H18BrNS. The van der Waals surface area contributed by atoms with Crippen LogP contribution in [0, 0.1) is 0 Å². The quantitative estimate of drug-likeness (QED) is 0.857. The van der Waals surface area contributed by atoms with Crippen LogP contribution in [-0.4, -0.2) is 18.1 Å². The van der Waals surface area contributed by atoms with Crippen molar-refractivity contribution >= 4 is 27.7 Å². The third kappa shape index (κ3) is 5.05. The van der Waals surface area contributed by atoms with Gasteiger partial charge in [-0.2, -0.15) is 11.8 Å². The molecule has 0 aliphatic heterocycles. The molecule has 0 saturated heterocycles. The Kier molecular flexibility index (Phi) is 6.37. The van der Waals surface area contributed by atoms with E-state index in [2.05, 4.69) is 52.6 Å². The molecule has 0 aliphatic rings. The maximum absolute atomic E-state index is 3.55. The van der Waals surface area contributed by atoms with Crippen molar-refractivity contribution in [3.63, 3.8) is 0 Å². The van der Waals surface area contributed by atoms with Crippen molar-refractivity contribution in [1.82, 2.24) is 5.32 Å². The molecule has 1 atom stereocenters. The van der Waals surface area contributed by atoms with Crippen LogP contribution in [0.5, 0.6) is 0 Å². The Morgan fingerprint density at radius 2 is 2.13 bits per heavy atom. The van der Waals surface area contributed by atoms with Gasteiger partial charge in [0.2, 0.25) is 0 Å². The normalized spacial score (nSPS) is 12.7. The summed E-state index contributed by atoms with van der Waals surface area (Å²) in [5, 5.41) is 3.53. The zero-order valence-corrected chi connectivity index (χ0v) is 11.7. The van der Waals surface area contributed by atoms with Gasteiger partial charge in [-0.3, -0.25) is 0 Å². The summed E-state index contributed by atoms with van der Waals surface area (Å²) < 4.78 is 1.19. The van der Waals surface area contributed by atoms with Crippen molar-refractivity contribution in [2.75, 3.05) is 12.0 Å². The molecule has 1 N–H and O–H groups in total. The van der Waals surface area contributed by atoms with Crippen LogP contribution in [0.4, 0.5) is 0 Å². The highest BCUT2D eigenvalue weighted by atomic mass is 79.9. The third-order valence-electron chi connectivity index (χ3n) is 2.35. The molecule has 0 bridgehead atoms. The van der Waals surface area contributed by atoms with Crippen LogP contribution >= 0.6 is 27.7 Å². The van der Waals surface area contributed by atoms with E-state index in [-0.39, 0.29) is 0 Å². The molecule has 0 spiro atoms. The van der Waals surface area contributed by atoms with Gasteiger partial charge < -0.3 is 5.32 Å². The maximum atomic E-state index is 3.55. The summed E-state index contributed by atoms with van der Waals surface area (Å²) in [6, 6.07) is 8.95. The second kappa shape index (κ2) is 7.31. The largest absolute Gasteiger partial charge is 0.310 e. The summed E-state index contributed by atoms with van der Waals surface area (Å²) >= 11 is 5.46. The monoisotopic (exact) mass is 287 g/mol. The first-order valence-corrected chi connectivity index (χ1v) is 7.38. The van der Waals surface area contributed by atoms with Gasteiger partial charge in [-0.25, -0.2) is 0 Å². The van der Waals surface area contributed by atoms with Crippen molar-refractivity contribution in [3.8, 4) is 0 Å². The fourth-order valence-electron chi connectivity index (χ4n) is 1.32. The van der Waals surface area contributed by atoms with E-state index in [1.54, 1.807) is 0 Å². The molecule has 1 aromatic rings.